The number of pyridine rings is 1. The summed E-state index contributed by atoms with van der Waals surface area (Å²) in [5.41, 5.74) is 0.765. The number of hydrogen-bond acceptors (Lipinski definition) is 8. The minimum atomic E-state index is -3.86. The zero-order chi connectivity index (χ0) is 24.5. The molecule has 0 unspecified atom stereocenters. The predicted molar refractivity (Wildman–Crippen MR) is 130 cm³/mol. The number of sulfonamides is 1. The molecule has 4 N–H and O–H groups in total. The maximum absolute atomic E-state index is 13.1. The summed E-state index contributed by atoms with van der Waals surface area (Å²) in [6.45, 7) is 1.95. The number of benzene rings is 1. The van der Waals surface area contributed by atoms with Gasteiger partial charge in [-0.05, 0) is 66.6 Å². The Hall–Kier alpha value is -2.98. The molecule has 0 atom stereocenters. The van der Waals surface area contributed by atoms with E-state index in [-0.39, 0.29) is 34.5 Å². The van der Waals surface area contributed by atoms with Crippen LogP contribution >= 0.6 is 15.9 Å². The Bertz CT molecular complexity index is 1390. The number of amides is 1. The number of carbonyl (C=O) groups excluding carboxylic acids is 1. The van der Waals surface area contributed by atoms with Gasteiger partial charge in [-0.3, -0.25) is 4.79 Å². The number of likely N-dealkylation sites (tertiary alicyclic amines) is 1. The first-order chi connectivity index (χ1) is 16.2. The van der Waals surface area contributed by atoms with Crippen molar-refractivity contribution in [3.05, 3.63) is 51.8 Å². The van der Waals surface area contributed by atoms with Crippen molar-refractivity contribution in [1.29, 1.82) is 5.26 Å². The molecular weight excluding hydrogens is 524 g/mol. The van der Waals surface area contributed by atoms with Crippen molar-refractivity contribution in [2.75, 3.05) is 25.5 Å². The van der Waals surface area contributed by atoms with Gasteiger partial charge >= 0.3 is 0 Å². The quantitative estimate of drug-likeness (QED) is 0.426. The highest BCUT2D eigenvalue weighted by Crippen LogP contribution is 2.35. The lowest BCUT2D eigenvalue weighted by Crippen LogP contribution is -2.37. The molecule has 1 amide bonds. The summed E-state index contributed by atoms with van der Waals surface area (Å²) < 4.78 is 29.4. The van der Waals surface area contributed by atoms with E-state index in [0.29, 0.717) is 21.2 Å². The molecule has 2 aromatic heterocycles. The number of anilines is 1. The molecule has 1 fully saturated rings. The molecule has 3 aromatic rings. The highest BCUT2D eigenvalue weighted by molar-refractivity contribution is 9.10. The third-order valence-electron chi connectivity index (χ3n) is 5.68. The van der Waals surface area contributed by atoms with Crippen LogP contribution in [0.3, 0.4) is 0 Å². The molecule has 0 saturated carbocycles. The zero-order valence-corrected chi connectivity index (χ0v) is 20.7. The number of aromatic nitrogens is 1. The number of furan rings is 1. The highest BCUT2D eigenvalue weighted by Gasteiger charge is 2.24. The molecule has 0 spiro atoms. The van der Waals surface area contributed by atoms with Gasteiger partial charge in [-0.25, -0.2) is 18.5 Å². The number of nitriles is 1. The summed E-state index contributed by atoms with van der Waals surface area (Å²) in [7, 11) is -1.78. The van der Waals surface area contributed by atoms with E-state index in [0.717, 1.165) is 25.9 Å². The molecule has 0 aliphatic carbocycles. The molecule has 1 saturated heterocycles. The van der Waals surface area contributed by atoms with Crippen LogP contribution in [0.25, 0.3) is 11.0 Å². The molecule has 0 radical (unpaired) electrons. The number of carbonyl (C=O) groups is 1. The average molecular weight is 547 g/mol. The SMILES string of the molecule is CN1CCC(Nc2nc(C(=O)NCc3cccc(S(N)(=O)=O)c3)c3oc(C#N)cc3c2Br)CC1. The lowest BCUT2D eigenvalue weighted by Gasteiger charge is -2.30. The van der Waals surface area contributed by atoms with Gasteiger partial charge in [0.25, 0.3) is 5.91 Å². The number of rotatable bonds is 6. The summed E-state index contributed by atoms with van der Waals surface area (Å²) >= 11 is 3.54. The fourth-order valence-electron chi connectivity index (χ4n) is 3.82. The van der Waals surface area contributed by atoms with Crippen LogP contribution in [-0.4, -0.2) is 50.4 Å². The summed E-state index contributed by atoms with van der Waals surface area (Å²) in [6.07, 6.45) is 1.86. The van der Waals surface area contributed by atoms with E-state index in [2.05, 4.69) is 43.5 Å². The molecule has 1 aromatic carbocycles. The summed E-state index contributed by atoms with van der Waals surface area (Å²) in [4.78, 5) is 19.8. The van der Waals surface area contributed by atoms with Crippen LogP contribution in [0.15, 0.2) is 44.1 Å². The molecule has 10 nitrogen and oxygen atoms in total. The van der Waals surface area contributed by atoms with Gasteiger partial charge in [0.1, 0.15) is 11.9 Å². The van der Waals surface area contributed by atoms with E-state index >= 15 is 0 Å². The molecule has 1 aliphatic rings. The molecule has 3 heterocycles. The number of piperidine rings is 1. The average Bonchev–Trinajstić information content (AvgIpc) is 3.25. The number of fused-ring (bicyclic) bond motifs is 1. The number of primary sulfonamides is 1. The van der Waals surface area contributed by atoms with E-state index in [1.54, 1.807) is 18.2 Å². The standard InChI is InChI=1S/C22H23BrN6O4S/c1-29-7-5-14(6-8-29)27-21-18(23)17-10-15(11-24)33-20(17)19(28-21)22(30)26-12-13-3-2-4-16(9-13)34(25,31)32/h2-4,9-10,14H,5-8,12H2,1H3,(H,26,30)(H,27,28)(H2,25,31,32). The van der Waals surface area contributed by atoms with Crippen molar-refractivity contribution in [3.63, 3.8) is 0 Å². The van der Waals surface area contributed by atoms with Gasteiger partial charge in [0.05, 0.1) is 9.37 Å². The molecule has 1 aliphatic heterocycles. The Kier molecular flexibility index (Phi) is 6.90. The third kappa shape index (κ3) is 5.23. The van der Waals surface area contributed by atoms with Crippen LogP contribution in [0.5, 0.6) is 0 Å². The van der Waals surface area contributed by atoms with Crippen LogP contribution in [0, 0.1) is 11.3 Å². The zero-order valence-electron chi connectivity index (χ0n) is 18.3. The second-order valence-electron chi connectivity index (χ2n) is 8.19. The van der Waals surface area contributed by atoms with E-state index in [4.69, 9.17) is 9.56 Å². The maximum Gasteiger partial charge on any atom is 0.274 e. The predicted octanol–water partition coefficient (Wildman–Crippen LogP) is 2.55. The van der Waals surface area contributed by atoms with Gasteiger partial charge in [0.15, 0.2) is 11.3 Å². The number of halogens is 1. The summed E-state index contributed by atoms with van der Waals surface area (Å²) in [5, 5.41) is 21.2. The largest absolute Gasteiger partial charge is 0.443 e. The smallest absolute Gasteiger partial charge is 0.274 e. The van der Waals surface area contributed by atoms with Crippen LogP contribution in [0.4, 0.5) is 5.82 Å². The summed E-state index contributed by atoms with van der Waals surface area (Å²) in [5.74, 6) is 0.0290. The fraction of sp³-hybridized carbons (Fsp3) is 0.318. The second-order valence-corrected chi connectivity index (χ2v) is 10.5. The van der Waals surface area contributed by atoms with Crippen molar-refractivity contribution in [2.45, 2.75) is 30.3 Å². The molecule has 12 heteroatoms. The van der Waals surface area contributed by atoms with Crippen LogP contribution in [0.2, 0.25) is 0 Å². The van der Waals surface area contributed by atoms with Crippen molar-refractivity contribution >= 4 is 48.6 Å². The number of nitrogens with one attached hydrogen (secondary N) is 2. The minimum Gasteiger partial charge on any atom is -0.443 e. The Morgan fingerprint density at radius 2 is 2.09 bits per heavy atom. The fourth-order valence-corrected chi connectivity index (χ4v) is 4.90. The first kappa shape index (κ1) is 24.2. The van der Waals surface area contributed by atoms with E-state index in [1.807, 2.05) is 6.07 Å². The van der Waals surface area contributed by atoms with Gasteiger partial charge in [0.2, 0.25) is 15.8 Å². The van der Waals surface area contributed by atoms with Crippen molar-refractivity contribution in [2.24, 2.45) is 5.14 Å². The maximum atomic E-state index is 13.1. The Labute approximate surface area is 205 Å². The summed E-state index contributed by atoms with van der Waals surface area (Å²) in [6, 6.07) is 9.71. The molecule has 0 bridgehead atoms. The van der Waals surface area contributed by atoms with Crippen molar-refractivity contribution in [1.82, 2.24) is 15.2 Å². The third-order valence-corrected chi connectivity index (χ3v) is 7.39. The van der Waals surface area contributed by atoms with Gasteiger partial charge < -0.3 is 20.0 Å². The number of hydrogen-bond donors (Lipinski definition) is 3. The Morgan fingerprint density at radius 3 is 2.76 bits per heavy atom. The van der Waals surface area contributed by atoms with Crippen LogP contribution < -0.4 is 15.8 Å². The van der Waals surface area contributed by atoms with Crippen LogP contribution in [0.1, 0.15) is 34.7 Å². The topological polar surface area (TPSA) is 154 Å². The Balaban J connectivity index is 1.62. The molecule has 4 rings (SSSR count). The first-order valence-corrected chi connectivity index (χ1v) is 12.9. The number of nitrogens with zero attached hydrogens (tertiary/aromatic N) is 3. The minimum absolute atomic E-state index is 0.0257. The van der Waals surface area contributed by atoms with E-state index in [9.17, 15) is 18.5 Å². The van der Waals surface area contributed by atoms with Crippen molar-refractivity contribution in [3.8, 4) is 6.07 Å². The van der Waals surface area contributed by atoms with E-state index in [1.165, 1.54) is 12.1 Å². The molecule has 34 heavy (non-hydrogen) atoms. The van der Waals surface area contributed by atoms with Gasteiger partial charge in [-0.15, -0.1) is 0 Å². The monoisotopic (exact) mass is 546 g/mol. The Morgan fingerprint density at radius 1 is 1.35 bits per heavy atom. The molecular formula is C22H23BrN6O4S. The van der Waals surface area contributed by atoms with Crippen LogP contribution in [-0.2, 0) is 16.6 Å². The first-order valence-electron chi connectivity index (χ1n) is 10.5. The van der Waals surface area contributed by atoms with Gasteiger partial charge in [-0.1, -0.05) is 12.1 Å². The number of nitrogens with two attached hydrogens (primary N) is 1. The lowest BCUT2D eigenvalue weighted by molar-refractivity contribution is 0.0946. The second kappa shape index (κ2) is 9.71. The van der Waals surface area contributed by atoms with Crippen molar-refractivity contribution < 1.29 is 17.6 Å². The van der Waals surface area contributed by atoms with Gasteiger partial charge in [0, 0.05) is 24.0 Å². The normalized spacial score (nSPS) is 15.2. The highest BCUT2D eigenvalue weighted by atomic mass is 79.9. The lowest BCUT2D eigenvalue weighted by atomic mass is 10.1. The van der Waals surface area contributed by atoms with E-state index < -0.39 is 15.9 Å². The molecule has 178 valence electrons. The van der Waals surface area contributed by atoms with Gasteiger partial charge in [-0.2, -0.15) is 5.26 Å².